The van der Waals surface area contributed by atoms with Crippen molar-refractivity contribution < 1.29 is 14.3 Å². The van der Waals surface area contributed by atoms with Crippen LogP contribution in [0.1, 0.15) is 23.2 Å². The third-order valence-electron chi connectivity index (χ3n) is 2.40. The minimum Gasteiger partial charge on any atom is -0.465 e. The number of anilines is 2. The van der Waals surface area contributed by atoms with E-state index in [1.54, 1.807) is 18.2 Å². The normalized spacial score (nSPS) is 9.83. The molecule has 6 nitrogen and oxygen atoms in total. The Bertz CT molecular complexity index is 446. The predicted molar refractivity (Wildman–Crippen MR) is 69.1 cm³/mol. The maximum absolute atomic E-state index is 11.5. The maximum atomic E-state index is 11.5. The van der Waals surface area contributed by atoms with E-state index in [9.17, 15) is 9.59 Å². The van der Waals surface area contributed by atoms with E-state index >= 15 is 0 Å². The molecule has 0 unspecified atom stereocenters. The van der Waals surface area contributed by atoms with Gasteiger partial charge < -0.3 is 21.5 Å². The summed E-state index contributed by atoms with van der Waals surface area (Å²) in [6, 6.07) is 4.98. The van der Waals surface area contributed by atoms with Crippen LogP contribution in [0.4, 0.5) is 11.4 Å². The highest BCUT2D eigenvalue weighted by atomic mass is 16.5. The Morgan fingerprint density at radius 3 is 2.72 bits per heavy atom. The summed E-state index contributed by atoms with van der Waals surface area (Å²) in [6.45, 7) is 0.501. The van der Waals surface area contributed by atoms with Gasteiger partial charge in [-0.05, 0) is 18.6 Å². The molecule has 0 aliphatic carbocycles. The summed E-state index contributed by atoms with van der Waals surface area (Å²) >= 11 is 0. The van der Waals surface area contributed by atoms with Crippen LogP contribution < -0.4 is 16.8 Å². The molecule has 1 aromatic carbocycles. The van der Waals surface area contributed by atoms with Gasteiger partial charge in [-0.15, -0.1) is 0 Å². The number of hydrogen-bond acceptors (Lipinski definition) is 5. The Hall–Kier alpha value is -2.24. The fourth-order valence-corrected chi connectivity index (χ4v) is 1.52. The minimum atomic E-state index is -0.459. The van der Waals surface area contributed by atoms with Crippen molar-refractivity contribution in [1.29, 1.82) is 0 Å². The first kappa shape index (κ1) is 13.8. The zero-order chi connectivity index (χ0) is 13.5. The molecular formula is C12H17N3O3. The Balaban J connectivity index is 2.74. The molecule has 0 atom stereocenters. The number of nitrogen functional groups attached to an aromatic ring is 1. The molecule has 18 heavy (non-hydrogen) atoms. The van der Waals surface area contributed by atoms with Gasteiger partial charge in [0, 0.05) is 13.0 Å². The number of carbonyl (C=O) groups excluding carboxylic acids is 2. The van der Waals surface area contributed by atoms with Crippen molar-refractivity contribution in [2.45, 2.75) is 12.8 Å². The number of methoxy groups -OCH3 is 1. The molecule has 6 heteroatoms. The molecule has 0 saturated carbocycles. The van der Waals surface area contributed by atoms with E-state index in [4.69, 9.17) is 11.5 Å². The zero-order valence-corrected chi connectivity index (χ0v) is 10.2. The van der Waals surface area contributed by atoms with Gasteiger partial charge in [0.15, 0.2) is 0 Å². The third-order valence-corrected chi connectivity index (χ3v) is 2.40. The number of esters is 1. The zero-order valence-electron chi connectivity index (χ0n) is 10.2. The van der Waals surface area contributed by atoms with E-state index in [0.29, 0.717) is 29.9 Å². The number of carbonyl (C=O) groups is 2. The largest absolute Gasteiger partial charge is 0.465 e. The number of nitrogens with two attached hydrogens (primary N) is 2. The summed E-state index contributed by atoms with van der Waals surface area (Å²) in [5, 5.41) is 3.02. The number of hydrogen-bond donors (Lipinski definition) is 3. The molecule has 0 aliphatic heterocycles. The van der Waals surface area contributed by atoms with Crippen LogP contribution in [0.5, 0.6) is 0 Å². The van der Waals surface area contributed by atoms with Crippen molar-refractivity contribution in [3.63, 3.8) is 0 Å². The second kappa shape index (κ2) is 6.48. The van der Waals surface area contributed by atoms with E-state index in [1.807, 2.05) is 0 Å². The molecule has 1 amide bonds. The van der Waals surface area contributed by atoms with E-state index in [0.717, 1.165) is 0 Å². The number of primary amides is 1. The van der Waals surface area contributed by atoms with Crippen LogP contribution in [0, 0.1) is 0 Å². The van der Waals surface area contributed by atoms with Crippen molar-refractivity contribution in [3.05, 3.63) is 23.8 Å². The van der Waals surface area contributed by atoms with Gasteiger partial charge in [-0.25, -0.2) is 4.79 Å². The summed E-state index contributed by atoms with van der Waals surface area (Å²) in [6.07, 6.45) is 0.859. The Labute approximate surface area is 105 Å². The van der Waals surface area contributed by atoms with Crippen molar-refractivity contribution in [2.75, 3.05) is 24.7 Å². The van der Waals surface area contributed by atoms with Crippen LogP contribution in [-0.2, 0) is 9.53 Å². The minimum absolute atomic E-state index is 0.285. The molecule has 0 heterocycles. The average Bonchev–Trinajstić information content (AvgIpc) is 2.34. The topological polar surface area (TPSA) is 107 Å². The van der Waals surface area contributed by atoms with Crippen LogP contribution in [0.3, 0.4) is 0 Å². The second-order valence-electron chi connectivity index (χ2n) is 3.76. The Kier molecular flexibility index (Phi) is 4.98. The fraction of sp³-hybridized carbons (Fsp3) is 0.333. The summed E-state index contributed by atoms with van der Waals surface area (Å²) in [7, 11) is 1.31. The van der Waals surface area contributed by atoms with Gasteiger partial charge in [-0.3, -0.25) is 4.79 Å². The number of amides is 1. The number of rotatable bonds is 6. The SMILES string of the molecule is COC(=O)c1cccc(N)c1NCCCC(N)=O. The van der Waals surface area contributed by atoms with Crippen LogP contribution in [-0.4, -0.2) is 25.5 Å². The van der Waals surface area contributed by atoms with Crippen LogP contribution >= 0.6 is 0 Å². The molecule has 98 valence electrons. The number of benzene rings is 1. The molecule has 0 bridgehead atoms. The van der Waals surface area contributed by atoms with Gasteiger partial charge in [0.25, 0.3) is 0 Å². The Morgan fingerprint density at radius 2 is 2.11 bits per heavy atom. The van der Waals surface area contributed by atoms with E-state index < -0.39 is 5.97 Å². The van der Waals surface area contributed by atoms with E-state index in [-0.39, 0.29) is 12.3 Å². The smallest absolute Gasteiger partial charge is 0.340 e. The van der Waals surface area contributed by atoms with Gasteiger partial charge in [0.1, 0.15) is 0 Å². The lowest BCUT2D eigenvalue weighted by Gasteiger charge is -2.12. The van der Waals surface area contributed by atoms with Crippen LogP contribution in [0.15, 0.2) is 18.2 Å². The molecule has 1 rings (SSSR count). The van der Waals surface area contributed by atoms with Gasteiger partial charge >= 0.3 is 5.97 Å². The predicted octanol–water partition coefficient (Wildman–Crippen LogP) is 0.733. The first-order chi connectivity index (χ1) is 8.56. The highest BCUT2D eigenvalue weighted by molar-refractivity contribution is 5.98. The molecule has 0 radical (unpaired) electrons. The Morgan fingerprint density at radius 1 is 1.39 bits per heavy atom. The van der Waals surface area contributed by atoms with E-state index in [1.165, 1.54) is 7.11 Å². The number of ether oxygens (including phenoxy) is 1. The van der Waals surface area contributed by atoms with Gasteiger partial charge in [-0.2, -0.15) is 0 Å². The third kappa shape index (κ3) is 3.65. The molecule has 0 aromatic heterocycles. The highest BCUT2D eigenvalue weighted by Gasteiger charge is 2.13. The lowest BCUT2D eigenvalue weighted by atomic mass is 10.1. The quantitative estimate of drug-likeness (QED) is 0.392. The van der Waals surface area contributed by atoms with Gasteiger partial charge in [0.05, 0.1) is 24.0 Å². The lowest BCUT2D eigenvalue weighted by Crippen LogP contribution is -2.15. The lowest BCUT2D eigenvalue weighted by molar-refractivity contribution is -0.118. The van der Waals surface area contributed by atoms with Crippen LogP contribution in [0.25, 0.3) is 0 Å². The molecule has 0 saturated heterocycles. The summed E-state index contributed by atoms with van der Waals surface area (Å²) in [5.74, 6) is -0.814. The second-order valence-corrected chi connectivity index (χ2v) is 3.76. The van der Waals surface area contributed by atoms with Crippen LogP contribution in [0.2, 0.25) is 0 Å². The van der Waals surface area contributed by atoms with E-state index in [2.05, 4.69) is 10.1 Å². The molecule has 5 N–H and O–H groups in total. The monoisotopic (exact) mass is 251 g/mol. The molecule has 0 fully saturated rings. The fourth-order valence-electron chi connectivity index (χ4n) is 1.52. The average molecular weight is 251 g/mol. The van der Waals surface area contributed by atoms with Crippen molar-refractivity contribution in [1.82, 2.24) is 0 Å². The number of para-hydroxylation sites is 1. The van der Waals surface area contributed by atoms with Crippen molar-refractivity contribution in [3.8, 4) is 0 Å². The van der Waals surface area contributed by atoms with Crippen molar-refractivity contribution in [2.24, 2.45) is 5.73 Å². The molecular weight excluding hydrogens is 234 g/mol. The summed E-state index contributed by atoms with van der Waals surface area (Å²) < 4.78 is 4.67. The summed E-state index contributed by atoms with van der Waals surface area (Å²) in [4.78, 5) is 22.1. The number of nitrogens with one attached hydrogen (secondary N) is 1. The first-order valence-corrected chi connectivity index (χ1v) is 5.55. The highest BCUT2D eigenvalue weighted by Crippen LogP contribution is 2.24. The van der Waals surface area contributed by atoms with Gasteiger partial charge in [0.2, 0.25) is 5.91 Å². The first-order valence-electron chi connectivity index (χ1n) is 5.55. The van der Waals surface area contributed by atoms with Gasteiger partial charge in [-0.1, -0.05) is 6.07 Å². The molecule has 0 spiro atoms. The standard InChI is InChI=1S/C12H17N3O3/c1-18-12(17)8-4-2-5-9(13)11(8)15-7-3-6-10(14)16/h2,4-5,15H,3,6-7,13H2,1H3,(H2,14,16). The molecule has 0 aliphatic rings. The maximum Gasteiger partial charge on any atom is 0.340 e. The molecule has 1 aromatic rings. The van der Waals surface area contributed by atoms with Crippen molar-refractivity contribution >= 4 is 23.3 Å². The summed E-state index contributed by atoms with van der Waals surface area (Å²) in [5.41, 5.74) is 12.2.